The second-order valence-corrected chi connectivity index (χ2v) is 13.8. The number of rotatable bonds is 15. The molecule has 0 saturated carbocycles. The molecule has 0 saturated heterocycles. The van der Waals surface area contributed by atoms with E-state index in [4.69, 9.17) is 27.9 Å². The number of carbonyl (C=O) groups is 2. The molecule has 0 unspecified atom stereocenters. The number of carbonyl (C=O) groups excluding carboxylic acids is 2. The Labute approximate surface area is 287 Å². The molecular formula is C36H39Cl2N3O5S. The number of nitrogens with one attached hydrogen (secondary N) is 1. The van der Waals surface area contributed by atoms with E-state index in [1.165, 1.54) is 24.1 Å². The zero-order valence-electron chi connectivity index (χ0n) is 26.7. The van der Waals surface area contributed by atoms with E-state index in [1.54, 1.807) is 54.6 Å². The first-order valence-electron chi connectivity index (χ1n) is 15.3. The summed E-state index contributed by atoms with van der Waals surface area (Å²) in [7, 11) is -2.77. The molecule has 2 amide bonds. The van der Waals surface area contributed by atoms with Gasteiger partial charge in [-0.2, -0.15) is 0 Å². The Balaban J connectivity index is 1.82. The quantitative estimate of drug-likeness (QED) is 0.134. The molecular weight excluding hydrogens is 657 g/mol. The predicted molar refractivity (Wildman–Crippen MR) is 188 cm³/mol. The van der Waals surface area contributed by atoms with E-state index < -0.39 is 28.5 Å². The van der Waals surface area contributed by atoms with Crippen molar-refractivity contribution in [2.24, 2.45) is 0 Å². The van der Waals surface area contributed by atoms with Crippen LogP contribution < -0.4 is 14.4 Å². The van der Waals surface area contributed by atoms with Crippen molar-refractivity contribution in [3.8, 4) is 5.75 Å². The van der Waals surface area contributed by atoms with Crippen LogP contribution in [0.4, 0.5) is 5.69 Å². The van der Waals surface area contributed by atoms with Crippen LogP contribution in [-0.4, -0.2) is 51.4 Å². The van der Waals surface area contributed by atoms with Crippen molar-refractivity contribution in [2.45, 2.75) is 50.6 Å². The summed E-state index contributed by atoms with van der Waals surface area (Å²) in [5, 5.41) is 3.71. The maximum absolute atomic E-state index is 14.6. The van der Waals surface area contributed by atoms with Crippen LogP contribution in [0, 0.1) is 6.92 Å². The summed E-state index contributed by atoms with van der Waals surface area (Å²) in [4.78, 5) is 29.9. The van der Waals surface area contributed by atoms with Crippen LogP contribution >= 0.6 is 23.2 Å². The molecule has 11 heteroatoms. The van der Waals surface area contributed by atoms with E-state index in [0.717, 1.165) is 28.3 Å². The molecule has 0 aliphatic carbocycles. The average Bonchev–Trinajstić information content (AvgIpc) is 3.06. The van der Waals surface area contributed by atoms with Crippen molar-refractivity contribution in [1.82, 2.24) is 10.2 Å². The number of hydrogen-bond acceptors (Lipinski definition) is 5. The zero-order valence-corrected chi connectivity index (χ0v) is 29.0. The number of aryl methyl sites for hydroxylation is 1. The van der Waals surface area contributed by atoms with E-state index in [-0.39, 0.29) is 29.5 Å². The average molecular weight is 697 g/mol. The third-order valence-electron chi connectivity index (χ3n) is 7.69. The minimum atomic E-state index is -4.25. The Bertz CT molecular complexity index is 1770. The molecule has 0 aliphatic heterocycles. The van der Waals surface area contributed by atoms with Gasteiger partial charge in [0.2, 0.25) is 11.8 Å². The Hall–Kier alpha value is -4.05. The summed E-state index contributed by atoms with van der Waals surface area (Å²) in [6, 6.07) is 26.2. The first-order chi connectivity index (χ1) is 22.5. The molecule has 0 fully saturated rings. The summed E-state index contributed by atoms with van der Waals surface area (Å²) < 4.78 is 34.9. The van der Waals surface area contributed by atoms with Crippen molar-refractivity contribution in [1.29, 1.82) is 0 Å². The SMILES string of the molecule is CCCCNC(=O)[C@@H](Cc1ccccc1)N(Cc1ccc(Cl)cc1Cl)C(=O)CN(c1cccc(OC)c1)S(=O)(=O)c1ccc(C)cc1. The maximum atomic E-state index is 14.6. The van der Waals surface area contributed by atoms with Gasteiger partial charge in [-0.25, -0.2) is 8.42 Å². The lowest BCUT2D eigenvalue weighted by atomic mass is 10.0. The van der Waals surface area contributed by atoms with E-state index in [9.17, 15) is 18.0 Å². The molecule has 4 aromatic carbocycles. The molecule has 0 spiro atoms. The standard InChI is InChI=1S/C36H39Cl2N3O5S/c1-4-5-20-39-36(43)34(21-27-10-7-6-8-11-27)40(24-28-16-17-29(37)22-33(28)38)35(42)25-41(30-12-9-13-31(23-30)46-3)47(44,45)32-18-14-26(2)15-19-32/h6-19,22-23,34H,4-5,20-21,24-25H2,1-3H3,(H,39,43)/t34-/m1/s1. The van der Waals surface area contributed by atoms with Gasteiger partial charge in [0.15, 0.2) is 0 Å². The lowest BCUT2D eigenvalue weighted by Gasteiger charge is -2.34. The normalized spacial score (nSPS) is 11.9. The third-order valence-corrected chi connectivity index (χ3v) is 10.1. The number of nitrogens with zero attached hydrogens (tertiary/aromatic N) is 2. The van der Waals surface area contributed by atoms with Crippen LogP contribution in [0.5, 0.6) is 5.75 Å². The summed E-state index contributed by atoms with van der Waals surface area (Å²) in [6.07, 6.45) is 1.83. The van der Waals surface area contributed by atoms with Gasteiger partial charge in [0.05, 0.1) is 17.7 Å². The van der Waals surface area contributed by atoms with Crippen LogP contribution in [0.2, 0.25) is 10.0 Å². The molecule has 0 heterocycles. The summed E-state index contributed by atoms with van der Waals surface area (Å²) >= 11 is 12.8. The monoisotopic (exact) mass is 695 g/mol. The van der Waals surface area contributed by atoms with Gasteiger partial charge in [-0.05, 0) is 60.9 Å². The van der Waals surface area contributed by atoms with Gasteiger partial charge >= 0.3 is 0 Å². The molecule has 0 aromatic heterocycles. The third kappa shape index (κ3) is 9.50. The van der Waals surface area contributed by atoms with Gasteiger partial charge < -0.3 is 15.0 Å². The number of benzene rings is 4. The highest BCUT2D eigenvalue weighted by Crippen LogP contribution is 2.29. The minimum absolute atomic E-state index is 0.0177. The van der Waals surface area contributed by atoms with Crippen LogP contribution in [-0.2, 0) is 32.6 Å². The van der Waals surface area contributed by atoms with Crippen LogP contribution in [0.1, 0.15) is 36.5 Å². The van der Waals surface area contributed by atoms with Gasteiger partial charge in [0.25, 0.3) is 10.0 Å². The van der Waals surface area contributed by atoms with E-state index >= 15 is 0 Å². The number of anilines is 1. The van der Waals surface area contributed by atoms with Crippen molar-refractivity contribution < 1.29 is 22.7 Å². The fraction of sp³-hybridized carbons (Fsp3) is 0.278. The summed E-state index contributed by atoms with van der Waals surface area (Å²) in [5.74, 6) is -0.530. The van der Waals surface area contributed by atoms with Gasteiger partial charge in [-0.3, -0.25) is 13.9 Å². The highest BCUT2D eigenvalue weighted by atomic mass is 35.5. The maximum Gasteiger partial charge on any atom is 0.264 e. The molecule has 1 atom stereocenters. The highest BCUT2D eigenvalue weighted by Gasteiger charge is 2.35. The molecule has 1 N–H and O–H groups in total. The zero-order chi connectivity index (χ0) is 34.0. The first kappa shape index (κ1) is 35.8. The Morgan fingerprint density at radius 1 is 0.915 bits per heavy atom. The number of unbranched alkanes of at least 4 members (excludes halogenated alkanes) is 1. The first-order valence-corrected chi connectivity index (χ1v) is 17.5. The molecule has 4 rings (SSSR count). The number of ether oxygens (including phenoxy) is 1. The lowest BCUT2D eigenvalue weighted by Crippen LogP contribution is -2.53. The summed E-state index contributed by atoms with van der Waals surface area (Å²) in [5.41, 5.74) is 2.50. The molecule has 47 heavy (non-hydrogen) atoms. The van der Waals surface area contributed by atoms with Crippen LogP contribution in [0.3, 0.4) is 0 Å². The predicted octanol–water partition coefficient (Wildman–Crippen LogP) is 7.06. The molecule has 0 aliphatic rings. The fourth-order valence-corrected chi connectivity index (χ4v) is 6.90. The van der Waals surface area contributed by atoms with Gasteiger partial charge in [-0.15, -0.1) is 0 Å². The van der Waals surface area contributed by atoms with Crippen molar-refractivity contribution in [2.75, 3.05) is 24.5 Å². The van der Waals surface area contributed by atoms with E-state index in [1.807, 2.05) is 44.2 Å². The topological polar surface area (TPSA) is 96.0 Å². The highest BCUT2D eigenvalue weighted by molar-refractivity contribution is 7.92. The second-order valence-electron chi connectivity index (χ2n) is 11.1. The number of halogens is 2. The molecule has 0 bridgehead atoms. The Kier molecular flexibility index (Phi) is 12.7. The van der Waals surface area contributed by atoms with Gasteiger partial charge in [0.1, 0.15) is 18.3 Å². The van der Waals surface area contributed by atoms with Gasteiger partial charge in [0, 0.05) is 35.6 Å². The number of methoxy groups -OCH3 is 1. The largest absolute Gasteiger partial charge is 0.497 e. The van der Waals surface area contributed by atoms with Crippen LogP contribution in [0.25, 0.3) is 0 Å². The molecule has 0 radical (unpaired) electrons. The van der Waals surface area contributed by atoms with E-state index in [0.29, 0.717) is 27.9 Å². The smallest absolute Gasteiger partial charge is 0.264 e. The number of amides is 2. The minimum Gasteiger partial charge on any atom is -0.497 e. The van der Waals surface area contributed by atoms with Crippen molar-refractivity contribution >= 4 is 50.7 Å². The van der Waals surface area contributed by atoms with Crippen molar-refractivity contribution in [3.63, 3.8) is 0 Å². The number of sulfonamides is 1. The van der Waals surface area contributed by atoms with Crippen molar-refractivity contribution in [3.05, 3.63) is 124 Å². The fourth-order valence-electron chi connectivity index (χ4n) is 5.03. The number of hydrogen-bond donors (Lipinski definition) is 1. The lowest BCUT2D eigenvalue weighted by molar-refractivity contribution is -0.140. The summed E-state index contributed by atoms with van der Waals surface area (Å²) in [6.45, 7) is 3.65. The van der Waals surface area contributed by atoms with Gasteiger partial charge in [-0.1, -0.05) is 96.7 Å². The van der Waals surface area contributed by atoms with E-state index in [2.05, 4.69) is 5.32 Å². The Morgan fingerprint density at radius 3 is 2.30 bits per heavy atom. The van der Waals surface area contributed by atoms with Crippen LogP contribution in [0.15, 0.2) is 102 Å². The molecule has 248 valence electrons. The molecule has 4 aromatic rings. The molecule has 8 nitrogen and oxygen atoms in total. The second kappa shape index (κ2) is 16.7. The Morgan fingerprint density at radius 2 is 1.64 bits per heavy atom.